The molecule has 0 aromatic carbocycles. The number of likely N-dealkylation sites (tertiary alicyclic amines) is 1. The Morgan fingerprint density at radius 1 is 1.17 bits per heavy atom. The van der Waals surface area contributed by atoms with E-state index in [0.717, 1.165) is 31.6 Å². The number of nitrogens with two attached hydrogens (primary N) is 1. The van der Waals surface area contributed by atoms with E-state index < -0.39 is 0 Å². The summed E-state index contributed by atoms with van der Waals surface area (Å²) in [4.78, 5) is 2.67. The first-order valence-corrected chi connectivity index (χ1v) is 7.87. The standard InChI is InChI=1S/C15H30N2O/c1-2-3-13-4-8-17(9-5-13)15(12-16)14-6-10-18-11-7-14/h13-15H,2-12,16H2,1H3. The molecule has 2 fully saturated rings. The van der Waals surface area contributed by atoms with Gasteiger partial charge in [0.2, 0.25) is 0 Å². The predicted molar refractivity (Wildman–Crippen MR) is 75.6 cm³/mol. The quantitative estimate of drug-likeness (QED) is 0.818. The third-order valence-electron chi connectivity index (χ3n) is 4.87. The predicted octanol–water partition coefficient (Wildman–Crippen LogP) is 2.25. The van der Waals surface area contributed by atoms with Crippen molar-refractivity contribution < 1.29 is 4.74 Å². The van der Waals surface area contributed by atoms with Crippen LogP contribution in [0, 0.1) is 11.8 Å². The number of ether oxygens (including phenoxy) is 1. The Hall–Kier alpha value is -0.120. The summed E-state index contributed by atoms with van der Waals surface area (Å²) in [5.74, 6) is 1.74. The molecule has 0 aliphatic carbocycles. The Morgan fingerprint density at radius 3 is 2.39 bits per heavy atom. The maximum Gasteiger partial charge on any atom is 0.0469 e. The minimum Gasteiger partial charge on any atom is -0.381 e. The van der Waals surface area contributed by atoms with Crippen molar-refractivity contribution in [3.8, 4) is 0 Å². The fourth-order valence-corrected chi connectivity index (χ4v) is 3.72. The van der Waals surface area contributed by atoms with Crippen molar-refractivity contribution in [2.75, 3.05) is 32.8 Å². The molecule has 1 atom stereocenters. The van der Waals surface area contributed by atoms with Crippen LogP contribution in [-0.2, 0) is 4.74 Å². The molecule has 3 heteroatoms. The Kier molecular flexibility index (Phi) is 5.93. The molecule has 2 rings (SSSR count). The molecule has 0 bridgehead atoms. The van der Waals surface area contributed by atoms with Crippen molar-refractivity contribution in [2.24, 2.45) is 17.6 Å². The molecular weight excluding hydrogens is 224 g/mol. The molecule has 0 saturated carbocycles. The van der Waals surface area contributed by atoms with Crippen molar-refractivity contribution in [1.82, 2.24) is 4.90 Å². The molecule has 0 aromatic heterocycles. The van der Waals surface area contributed by atoms with Crippen molar-refractivity contribution in [3.63, 3.8) is 0 Å². The summed E-state index contributed by atoms with van der Waals surface area (Å²) in [6, 6.07) is 0.608. The van der Waals surface area contributed by atoms with Crippen LogP contribution in [0.3, 0.4) is 0 Å². The van der Waals surface area contributed by atoms with Crippen LogP contribution in [0.2, 0.25) is 0 Å². The Labute approximate surface area is 112 Å². The molecule has 2 saturated heterocycles. The number of hydrogen-bond acceptors (Lipinski definition) is 3. The molecule has 0 aromatic rings. The van der Waals surface area contributed by atoms with E-state index in [1.54, 1.807) is 0 Å². The van der Waals surface area contributed by atoms with Crippen molar-refractivity contribution in [2.45, 2.75) is 51.5 Å². The van der Waals surface area contributed by atoms with E-state index in [0.29, 0.717) is 6.04 Å². The zero-order valence-corrected chi connectivity index (χ0v) is 11.9. The topological polar surface area (TPSA) is 38.5 Å². The summed E-state index contributed by atoms with van der Waals surface area (Å²) in [6.07, 6.45) is 7.93. The van der Waals surface area contributed by atoms with Gasteiger partial charge in [0, 0.05) is 25.8 Å². The lowest BCUT2D eigenvalue weighted by molar-refractivity contribution is 0.0174. The first-order chi connectivity index (χ1) is 8.85. The molecule has 106 valence electrons. The molecule has 2 aliphatic rings. The molecule has 0 radical (unpaired) electrons. The molecular formula is C15H30N2O. The van der Waals surface area contributed by atoms with E-state index in [2.05, 4.69) is 11.8 Å². The van der Waals surface area contributed by atoms with E-state index in [-0.39, 0.29) is 0 Å². The summed E-state index contributed by atoms with van der Waals surface area (Å²) in [6.45, 7) is 7.54. The smallest absolute Gasteiger partial charge is 0.0469 e. The third kappa shape index (κ3) is 3.69. The van der Waals surface area contributed by atoms with Gasteiger partial charge in [0.15, 0.2) is 0 Å². The number of hydrogen-bond donors (Lipinski definition) is 1. The maximum absolute atomic E-state index is 6.05. The van der Waals surface area contributed by atoms with Gasteiger partial charge in [-0.15, -0.1) is 0 Å². The molecule has 3 nitrogen and oxygen atoms in total. The Morgan fingerprint density at radius 2 is 1.83 bits per heavy atom. The minimum atomic E-state index is 0.608. The molecule has 2 N–H and O–H groups in total. The van der Waals surface area contributed by atoms with E-state index in [4.69, 9.17) is 10.5 Å². The van der Waals surface area contributed by atoms with Crippen LogP contribution in [0.25, 0.3) is 0 Å². The normalized spacial score (nSPS) is 26.3. The minimum absolute atomic E-state index is 0.608. The lowest BCUT2D eigenvalue weighted by Crippen LogP contribution is -2.50. The van der Waals surface area contributed by atoms with Crippen molar-refractivity contribution in [1.29, 1.82) is 0 Å². The summed E-state index contributed by atoms with van der Waals surface area (Å²) in [7, 11) is 0. The number of nitrogens with zero attached hydrogens (tertiary/aromatic N) is 1. The van der Waals surface area contributed by atoms with E-state index >= 15 is 0 Å². The monoisotopic (exact) mass is 254 g/mol. The summed E-state index contributed by atoms with van der Waals surface area (Å²) in [5.41, 5.74) is 6.05. The van der Waals surface area contributed by atoms with Gasteiger partial charge in [-0.05, 0) is 50.6 Å². The van der Waals surface area contributed by atoms with Gasteiger partial charge in [-0.25, -0.2) is 0 Å². The highest BCUT2D eigenvalue weighted by Gasteiger charge is 2.30. The van der Waals surface area contributed by atoms with Crippen molar-refractivity contribution >= 4 is 0 Å². The van der Waals surface area contributed by atoms with Crippen LogP contribution in [0.1, 0.15) is 45.4 Å². The second kappa shape index (κ2) is 7.46. The van der Waals surface area contributed by atoms with E-state index in [9.17, 15) is 0 Å². The highest BCUT2D eigenvalue weighted by atomic mass is 16.5. The second-order valence-electron chi connectivity index (χ2n) is 6.02. The average molecular weight is 254 g/mol. The molecule has 0 spiro atoms. The SMILES string of the molecule is CCCC1CCN(C(CN)C2CCOCC2)CC1. The summed E-state index contributed by atoms with van der Waals surface area (Å²) >= 11 is 0. The van der Waals surface area contributed by atoms with Gasteiger partial charge < -0.3 is 10.5 Å². The zero-order valence-electron chi connectivity index (χ0n) is 11.9. The second-order valence-corrected chi connectivity index (χ2v) is 6.02. The first kappa shape index (κ1) is 14.3. The van der Waals surface area contributed by atoms with Gasteiger partial charge in [-0.1, -0.05) is 19.8 Å². The van der Waals surface area contributed by atoms with Gasteiger partial charge >= 0.3 is 0 Å². The van der Waals surface area contributed by atoms with Crippen LogP contribution in [-0.4, -0.2) is 43.8 Å². The van der Waals surface area contributed by atoms with Crippen molar-refractivity contribution in [3.05, 3.63) is 0 Å². The summed E-state index contributed by atoms with van der Waals surface area (Å²) in [5, 5.41) is 0. The lowest BCUT2D eigenvalue weighted by atomic mass is 9.87. The van der Waals surface area contributed by atoms with Gasteiger partial charge in [-0.2, -0.15) is 0 Å². The fraction of sp³-hybridized carbons (Fsp3) is 1.00. The number of rotatable bonds is 5. The third-order valence-corrected chi connectivity index (χ3v) is 4.87. The van der Waals surface area contributed by atoms with Gasteiger partial charge in [-0.3, -0.25) is 4.90 Å². The highest BCUT2D eigenvalue weighted by Crippen LogP contribution is 2.28. The molecule has 1 unspecified atom stereocenters. The molecule has 0 amide bonds. The average Bonchev–Trinajstić information content (AvgIpc) is 2.43. The largest absolute Gasteiger partial charge is 0.381 e. The summed E-state index contributed by atoms with van der Waals surface area (Å²) < 4.78 is 5.47. The van der Waals surface area contributed by atoms with E-state index in [1.807, 2.05) is 0 Å². The van der Waals surface area contributed by atoms with Gasteiger partial charge in [0.25, 0.3) is 0 Å². The van der Waals surface area contributed by atoms with Crippen LogP contribution in [0.5, 0.6) is 0 Å². The lowest BCUT2D eigenvalue weighted by Gasteiger charge is -2.41. The van der Waals surface area contributed by atoms with Gasteiger partial charge in [0.1, 0.15) is 0 Å². The van der Waals surface area contributed by atoms with Crippen LogP contribution in [0.4, 0.5) is 0 Å². The van der Waals surface area contributed by atoms with Crippen LogP contribution in [0.15, 0.2) is 0 Å². The zero-order chi connectivity index (χ0) is 12.8. The van der Waals surface area contributed by atoms with E-state index in [1.165, 1.54) is 51.6 Å². The highest BCUT2D eigenvalue weighted by molar-refractivity contribution is 4.85. The fourth-order valence-electron chi connectivity index (χ4n) is 3.72. The molecule has 18 heavy (non-hydrogen) atoms. The van der Waals surface area contributed by atoms with Crippen LogP contribution >= 0.6 is 0 Å². The number of piperidine rings is 1. The van der Waals surface area contributed by atoms with Crippen LogP contribution < -0.4 is 5.73 Å². The van der Waals surface area contributed by atoms with Gasteiger partial charge in [0.05, 0.1) is 0 Å². The Balaban J connectivity index is 1.81. The Bertz CT molecular complexity index is 221. The molecule has 2 aliphatic heterocycles. The first-order valence-electron chi connectivity index (χ1n) is 7.87. The maximum atomic E-state index is 6.05. The molecule has 2 heterocycles.